The molecule has 2 aromatic carbocycles. The molecule has 118 valence electrons. The third kappa shape index (κ3) is 2.45. The Labute approximate surface area is 136 Å². The smallest absolute Gasteiger partial charge is 0.200 e. The van der Waals surface area contributed by atoms with Gasteiger partial charge in [0.25, 0.3) is 10.0 Å². The normalized spacial score (nSPS) is 24.0. The molecular formula is C18H18N2O2S. The molecule has 1 saturated carbocycles. The molecule has 23 heavy (non-hydrogen) atoms. The lowest BCUT2D eigenvalue weighted by molar-refractivity contribution is 0.584. The summed E-state index contributed by atoms with van der Waals surface area (Å²) in [6.45, 7) is 1.93. The monoisotopic (exact) mass is 326 g/mol. The quantitative estimate of drug-likeness (QED) is 0.880. The van der Waals surface area contributed by atoms with E-state index in [1.54, 1.807) is 24.3 Å². The lowest BCUT2D eigenvalue weighted by Crippen LogP contribution is -2.22. The molecule has 0 saturated heterocycles. The van der Waals surface area contributed by atoms with E-state index in [1.165, 1.54) is 11.1 Å². The van der Waals surface area contributed by atoms with Gasteiger partial charge in [0.1, 0.15) is 0 Å². The number of nitrogens with zero attached hydrogens (tertiary/aromatic N) is 1. The molecule has 0 radical (unpaired) electrons. The Bertz CT molecular complexity index is 885. The standard InChI is InChI=1S/C18H18N2O2S/c1-12-6-8-14(9-7-12)23(21,22)20-19-18-11-13-10-17(18)16-5-3-2-4-15(13)16/h2-9,13,17,20H,10-11H2,1H3. The third-order valence-electron chi connectivity index (χ3n) is 4.83. The van der Waals surface area contributed by atoms with Gasteiger partial charge in [0.15, 0.2) is 0 Å². The number of sulfonamides is 1. The minimum absolute atomic E-state index is 0.246. The average Bonchev–Trinajstić information content (AvgIpc) is 3.13. The molecule has 1 fully saturated rings. The van der Waals surface area contributed by atoms with Gasteiger partial charge in [-0.15, -0.1) is 0 Å². The topological polar surface area (TPSA) is 58.5 Å². The van der Waals surface area contributed by atoms with Crippen molar-refractivity contribution in [3.05, 3.63) is 65.2 Å². The van der Waals surface area contributed by atoms with Crippen LogP contribution in [0, 0.1) is 6.92 Å². The van der Waals surface area contributed by atoms with Crippen molar-refractivity contribution in [3.8, 4) is 0 Å². The number of nitrogens with one attached hydrogen (secondary N) is 1. The van der Waals surface area contributed by atoms with Gasteiger partial charge in [0.05, 0.1) is 4.90 Å². The Morgan fingerprint density at radius 2 is 1.74 bits per heavy atom. The zero-order valence-electron chi connectivity index (χ0n) is 12.9. The van der Waals surface area contributed by atoms with Crippen LogP contribution >= 0.6 is 0 Å². The Kier molecular flexibility index (Phi) is 3.27. The summed E-state index contributed by atoms with van der Waals surface area (Å²) in [6.07, 6.45) is 1.89. The summed E-state index contributed by atoms with van der Waals surface area (Å²) < 4.78 is 24.7. The number of rotatable bonds is 3. The molecule has 4 nitrogen and oxygen atoms in total. The molecule has 0 aliphatic heterocycles. The van der Waals surface area contributed by atoms with Crippen molar-refractivity contribution < 1.29 is 8.42 Å². The van der Waals surface area contributed by atoms with Crippen LogP contribution in [0.25, 0.3) is 0 Å². The van der Waals surface area contributed by atoms with Crippen molar-refractivity contribution in [1.82, 2.24) is 4.83 Å². The predicted octanol–water partition coefficient (Wildman–Crippen LogP) is 3.30. The van der Waals surface area contributed by atoms with E-state index < -0.39 is 10.0 Å². The third-order valence-corrected chi connectivity index (χ3v) is 6.05. The van der Waals surface area contributed by atoms with Crippen LogP contribution in [0.2, 0.25) is 0 Å². The summed E-state index contributed by atoms with van der Waals surface area (Å²) >= 11 is 0. The minimum atomic E-state index is -3.60. The summed E-state index contributed by atoms with van der Waals surface area (Å²) in [5.41, 5.74) is 4.68. The molecule has 2 aromatic rings. The highest BCUT2D eigenvalue weighted by Crippen LogP contribution is 2.51. The second-order valence-corrected chi connectivity index (χ2v) is 7.99. The zero-order valence-corrected chi connectivity index (χ0v) is 13.7. The van der Waals surface area contributed by atoms with Gasteiger partial charge in [-0.1, -0.05) is 42.0 Å². The molecule has 2 aliphatic carbocycles. The predicted molar refractivity (Wildman–Crippen MR) is 90.1 cm³/mol. The highest BCUT2D eigenvalue weighted by Gasteiger charge is 2.41. The van der Waals surface area contributed by atoms with E-state index in [-0.39, 0.29) is 10.8 Å². The molecule has 0 spiro atoms. The highest BCUT2D eigenvalue weighted by molar-refractivity contribution is 7.89. The molecule has 2 aliphatic rings. The number of hydrazone groups is 1. The summed E-state index contributed by atoms with van der Waals surface area (Å²) in [6, 6.07) is 15.2. The number of benzene rings is 2. The second-order valence-electron chi connectivity index (χ2n) is 6.33. The summed E-state index contributed by atoms with van der Waals surface area (Å²) in [4.78, 5) is 2.66. The van der Waals surface area contributed by atoms with Gasteiger partial charge in [-0.25, -0.2) is 4.83 Å². The fourth-order valence-electron chi connectivity index (χ4n) is 3.65. The van der Waals surface area contributed by atoms with Crippen LogP contribution in [0.4, 0.5) is 0 Å². The largest absolute Gasteiger partial charge is 0.276 e. The van der Waals surface area contributed by atoms with Gasteiger partial charge < -0.3 is 0 Å². The number of hydrogen-bond acceptors (Lipinski definition) is 3. The number of hydrogen-bond donors (Lipinski definition) is 1. The molecule has 0 heterocycles. The lowest BCUT2D eigenvalue weighted by Gasteiger charge is -2.17. The minimum Gasteiger partial charge on any atom is -0.200 e. The van der Waals surface area contributed by atoms with Crippen molar-refractivity contribution in [1.29, 1.82) is 0 Å². The van der Waals surface area contributed by atoms with Crippen LogP contribution in [0.15, 0.2) is 58.5 Å². The van der Waals surface area contributed by atoms with Gasteiger partial charge >= 0.3 is 0 Å². The molecule has 2 atom stereocenters. The van der Waals surface area contributed by atoms with Crippen LogP contribution in [0.5, 0.6) is 0 Å². The molecular weight excluding hydrogens is 308 g/mol. The second kappa shape index (κ2) is 5.20. The van der Waals surface area contributed by atoms with E-state index >= 15 is 0 Å². The van der Waals surface area contributed by atoms with Gasteiger partial charge in [0, 0.05) is 11.6 Å². The fourth-order valence-corrected chi connectivity index (χ4v) is 4.49. The molecule has 4 rings (SSSR count). The van der Waals surface area contributed by atoms with Crippen LogP contribution < -0.4 is 4.83 Å². The maximum atomic E-state index is 12.3. The van der Waals surface area contributed by atoms with E-state index in [9.17, 15) is 8.42 Å². The SMILES string of the molecule is Cc1ccc(S(=O)(=O)NN=C2CC3CC2c2ccccc23)cc1. The van der Waals surface area contributed by atoms with E-state index in [0.717, 1.165) is 24.1 Å². The first-order valence-electron chi connectivity index (χ1n) is 7.78. The van der Waals surface area contributed by atoms with E-state index in [0.29, 0.717) is 5.92 Å². The first-order valence-corrected chi connectivity index (χ1v) is 9.26. The van der Waals surface area contributed by atoms with Gasteiger partial charge in [-0.3, -0.25) is 0 Å². The Balaban J connectivity index is 1.58. The van der Waals surface area contributed by atoms with E-state index in [1.807, 2.05) is 13.0 Å². The van der Waals surface area contributed by atoms with Crippen molar-refractivity contribution in [2.24, 2.45) is 5.10 Å². The number of aryl methyl sites for hydroxylation is 1. The van der Waals surface area contributed by atoms with Crippen LogP contribution in [-0.2, 0) is 10.0 Å². The van der Waals surface area contributed by atoms with Crippen molar-refractivity contribution >= 4 is 15.7 Å². The zero-order chi connectivity index (χ0) is 16.0. The summed E-state index contributed by atoms with van der Waals surface area (Å²) in [5, 5.41) is 4.25. The van der Waals surface area contributed by atoms with Crippen LogP contribution in [-0.4, -0.2) is 14.1 Å². The van der Waals surface area contributed by atoms with E-state index in [4.69, 9.17) is 0 Å². The van der Waals surface area contributed by atoms with Crippen LogP contribution in [0.3, 0.4) is 0 Å². The van der Waals surface area contributed by atoms with E-state index in [2.05, 4.69) is 28.1 Å². The van der Waals surface area contributed by atoms with Gasteiger partial charge in [-0.05, 0) is 48.9 Å². The maximum absolute atomic E-state index is 12.3. The van der Waals surface area contributed by atoms with Crippen molar-refractivity contribution in [2.45, 2.75) is 36.5 Å². The Morgan fingerprint density at radius 1 is 1.04 bits per heavy atom. The van der Waals surface area contributed by atoms with Crippen LogP contribution in [0.1, 0.15) is 41.4 Å². The fraction of sp³-hybridized carbons (Fsp3) is 0.278. The summed E-state index contributed by atoms with van der Waals surface area (Å²) in [7, 11) is -3.60. The molecule has 0 aromatic heterocycles. The average molecular weight is 326 g/mol. The molecule has 2 unspecified atom stereocenters. The Morgan fingerprint density at radius 3 is 2.48 bits per heavy atom. The highest BCUT2D eigenvalue weighted by atomic mass is 32.2. The maximum Gasteiger partial charge on any atom is 0.276 e. The first kappa shape index (κ1) is 14.5. The lowest BCUT2D eigenvalue weighted by atomic mass is 9.90. The summed E-state index contributed by atoms with van der Waals surface area (Å²) in [5.74, 6) is 0.746. The van der Waals surface area contributed by atoms with Crippen molar-refractivity contribution in [3.63, 3.8) is 0 Å². The molecule has 1 N–H and O–H groups in total. The number of fused-ring (bicyclic) bond motifs is 5. The van der Waals surface area contributed by atoms with Crippen molar-refractivity contribution in [2.75, 3.05) is 0 Å². The molecule has 5 heteroatoms. The first-order chi connectivity index (χ1) is 11.0. The van der Waals surface area contributed by atoms with Gasteiger partial charge in [-0.2, -0.15) is 13.5 Å². The molecule has 0 amide bonds. The molecule has 2 bridgehead atoms. The Hall–Kier alpha value is -2.14. The van der Waals surface area contributed by atoms with Gasteiger partial charge in [0.2, 0.25) is 0 Å².